The first-order valence-electron chi connectivity index (χ1n) is 7.43. The molecule has 0 aliphatic heterocycles. The molecule has 6 nitrogen and oxygen atoms in total. The second-order valence-corrected chi connectivity index (χ2v) is 9.28. The summed E-state index contributed by atoms with van der Waals surface area (Å²) in [4.78, 5) is 16.3. The second kappa shape index (κ2) is 7.79. The third-order valence-corrected chi connectivity index (χ3v) is 6.67. The first-order chi connectivity index (χ1) is 12.3. The van der Waals surface area contributed by atoms with Gasteiger partial charge in [0.25, 0.3) is 0 Å². The maximum absolute atomic E-state index is 12.2. The number of benzene rings is 2. The van der Waals surface area contributed by atoms with E-state index < -0.39 is 15.7 Å². The summed E-state index contributed by atoms with van der Waals surface area (Å²) in [6, 6.07) is 11.2. The van der Waals surface area contributed by atoms with Crippen molar-refractivity contribution in [2.45, 2.75) is 11.3 Å². The van der Waals surface area contributed by atoms with Gasteiger partial charge in [0.15, 0.2) is 9.84 Å². The number of nitrogens with zero attached hydrogens (tertiary/aromatic N) is 1. The number of amides is 1. The van der Waals surface area contributed by atoms with Crippen LogP contribution in [0.3, 0.4) is 0 Å². The average molecular weight is 430 g/mol. The van der Waals surface area contributed by atoms with E-state index in [4.69, 9.17) is 23.2 Å². The highest BCUT2D eigenvalue weighted by molar-refractivity contribution is 7.91. The lowest BCUT2D eigenvalue weighted by Crippen LogP contribution is -2.30. The summed E-state index contributed by atoms with van der Waals surface area (Å²) in [6.45, 7) is 0. The molecular formula is C16H13Cl2N3O3S2. The number of halogens is 2. The molecule has 10 heteroatoms. The van der Waals surface area contributed by atoms with Crippen LogP contribution < -0.4 is 10.9 Å². The van der Waals surface area contributed by atoms with Crippen molar-refractivity contribution in [1.29, 1.82) is 0 Å². The number of fused-ring (bicyclic) bond motifs is 1. The number of carbonyl (C=O) groups excluding carboxylic acids is 1. The van der Waals surface area contributed by atoms with E-state index in [1.54, 1.807) is 6.07 Å². The standard InChI is InChI=1S/C16H13Cl2N3O3S2/c17-10-4-6-11(7-5-10)26(23,24)9-8-14(22)20-21-16-19-15-12(18)2-1-3-13(15)25-16/h1-7H,8-9H2,(H,19,21)(H,20,22). The predicted molar refractivity (Wildman–Crippen MR) is 105 cm³/mol. The number of sulfone groups is 1. The molecule has 2 N–H and O–H groups in total. The molecule has 0 atom stereocenters. The van der Waals surface area contributed by atoms with Crippen LogP contribution in [0.5, 0.6) is 0 Å². The van der Waals surface area contributed by atoms with Gasteiger partial charge in [0.1, 0.15) is 5.52 Å². The summed E-state index contributed by atoms with van der Waals surface area (Å²) in [6.07, 6.45) is -0.191. The van der Waals surface area contributed by atoms with E-state index >= 15 is 0 Å². The van der Waals surface area contributed by atoms with Crippen molar-refractivity contribution in [2.24, 2.45) is 0 Å². The van der Waals surface area contributed by atoms with Crippen molar-refractivity contribution >= 4 is 65.6 Å². The molecule has 1 aromatic heterocycles. The van der Waals surface area contributed by atoms with E-state index in [9.17, 15) is 13.2 Å². The zero-order chi connectivity index (χ0) is 18.7. The number of hydrogen-bond donors (Lipinski definition) is 2. The Balaban J connectivity index is 1.56. The number of hydrazine groups is 1. The third kappa shape index (κ3) is 4.45. The van der Waals surface area contributed by atoms with Crippen molar-refractivity contribution < 1.29 is 13.2 Å². The molecule has 0 unspecified atom stereocenters. The SMILES string of the molecule is O=C(CCS(=O)(=O)c1ccc(Cl)cc1)NNc1nc2c(Cl)cccc2s1. The Morgan fingerprint density at radius 3 is 2.54 bits per heavy atom. The van der Waals surface area contributed by atoms with Gasteiger partial charge in [-0.3, -0.25) is 15.6 Å². The van der Waals surface area contributed by atoms with Gasteiger partial charge in [-0.05, 0) is 36.4 Å². The number of hydrogen-bond acceptors (Lipinski definition) is 6. The molecule has 0 radical (unpaired) electrons. The van der Waals surface area contributed by atoms with Crippen molar-refractivity contribution in [2.75, 3.05) is 11.2 Å². The molecule has 0 saturated carbocycles. The molecule has 3 rings (SSSR count). The van der Waals surface area contributed by atoms with Gasteiger partial charge in [0.05, 0.1) is 20.4 Å². The summed E-state index contributed by atoms with van der Waals surface area (Å²) in [5.74, 6) is -0.777. The van der Waals surface area contributed by atoms with Crippen LogP contribution in [-0.2, 0) is 14.6 Å². The Morgan fingerprint density at radius 2 is 1.85 bits per heavy atom. The van der Waals surface area contributed by atoms with Gasteiger partial charge in [0.2, 0.25) is 11.0 Å². The van der Waals surface area contributed by atoms with Crippen molar-refractivity contribution in [1.82, 2.24) is 10.4 Å². The molecule has 0 aliphatic carbocycles. The summed E-state index contributed by atoms with van der Waals surface area (Å²) >= 11 is 13.1. The Kier molecular flexibility index (Phi) is 5.67. The fourth-order valence-corrected chi connectivity index (χ4v) is 4.63. The lowest BCUT2D eigenvalue weighted by molar-refractivity contribution is -0.120. The lowest BCUT2D eigenvalue weighted by atomic mass is 10.3. The number of carbonyl (C=O) groups is 1. The monoisotopic (exact) mass is 429 g/mol. The number of anilines is 1. The molecule has 136 valence electrons. The zero-order valence-electron chi connectivity index (χ0n) is 13.2. The van der Waals surface area contributed by atoms with Crippen molar-refractivity contribution in [3.05, 3.63) is 52.5 Å². The maximum Gasteiger partial charge on any atom is 0.239 e. The number of aromatic nitrogens is 1. The van der Waals surface area contributed by atoms with Crippen LogP contribution in [0.1, 0.15) is 6.42 Å². The Labute approximate surface area is 164 Å². The van der Waals surface area contributed by atoms with Gasteiger partial charge in [0, 0.05) is 11.4 Å². The topological polar surface area (TPSA) is 88.2 Å². The number of nitrogens with one attached hydrogen (secondary N) is 2. The van der Waals surface area contributed by atoms with Crippen LogP contribution in [0.15, 0.2) is 47.4 Å². The first-order valence-corrected chi connectivity index (χ1v) is 10.7. The van der Waals surface area contributed by atoms with E-state index in [1.165, 1.54) is 35.6 Å². The van der Waals surface area contributed by atoms with E-state index in [2.05, 4.69) is 15.8 Å². The molecule has 1 heterocycles. The molecule has 0 fully saturated rings. The van der Waals surface area contributed by atoms with Gasteiger partial charge in [-0.2, -0.15) is 0 Å². The Bertz CT molecular complexity index is 1050. The third-order valence-electron chi connectivity index (χ3n) is 3.45. The summed E-state index contributed by atoms with van der Waals surface area (Å²) < 4.78 is 25.3. The molecular weight excluding hydrogens is 417 g/mol. The second-order valence-electron chi connectivity index (χ2n) is 5.30. The summed E-state index contributed by atoms with van der Waals surface area (Å²) in [5, 5.41) is 1.43. The maximum atomic E-state index is 12.2. The zero-order valence-corrected chi connectivity index (χ0v) is 16.3. The van der Waals surface area contributed by atoms with Crippen LogP contribution in [0.2, 0.25) is 10.0 Å². The van der Waals surface area contributed by atoms with Crippen LogP contribution in [-0.4, -0.2) is 25.1 Å². The number of rotatable bonds is 6. The van der Waals surface area contributed by atoms with Crippen molar-refractivity contribution in [3.63, 3.8) is 0 Å². The predicted octanol–water partition coefficient (Wildman–Crippen LogP) is 3.91. The minimum Gasteiger partial charge on any atom is -0.273 e. The van der Waals surface area contributed by atoms with Gasteiger partial charge >= 0.3 is 0 Å². The first kappa shape index (κ1) is 18.9. The highest BCUT2D eigenvalue weighted by Gasteiger charge is 2.16. The van der Waals surface area contributed by atoms with E-state index in [-0.39, 0.29) is 17.1 Å². The highest BCUT2D eigenvalue weighted by Crippen LogP contribution is 2.30. The molecule has 0 spiro atoms. The summed E-state index contributed by atoms with van der Waals surface area (Å²) in [5.41, 5.74) is 5.76. The molecule has 1 amide bonds. The molecule has 3 aromatic rings. The molecule has 0 aliphatic rings. The minimum atomic E-state index is -3.56. The van der Waals surface area contributed by atoms with Crippen LogP contribution in [0.25, 0.3) is 10.2 Å². The lowest BCUT2D eigenvalue weighted by Gasteiger charge is -2.06. The fraction of sp³-hybridized carbons (Fsp3) is 0.125. The molecule has 0 saturated heterocycles. The minimum absolute atomic E-state index is 0.128. The quantitative estimate of drug-likeness (QED) is 0.579. The average Bonchev–Trinajstić information content (AvgIpc) is 3.03. The molecule has 0 bridgehead atoms. The number of thiazole rings is 1. The van der Waals surface area contributed by atoms with E-state index in [0.29, 0.717) is 20.7 Å². The van der Waals surface area contributed by atoms with Gasteiger partial charge < -0.3 is 0 Å². The number of para-hydroxylation sites is 1. The Morgan fingerprint density at radius 1 is 1.12 bits per heavy atom. The largest absolute Gasteiger partial charge is 0.273 e. The summed E-state index contributed by atoms with van der Waals surface area (Å²) in [7, 11) is -3.56. The Hall–Kier alpha value is -1.87. The highest BCUT2D eigenvalue weighted by atomic mass is 35.5. The van der Waals surface area contributed by atoms with Crippen LogP contribution >= 0.6 is 34.5 Å². The van der Waals surface area contributed by atoms with Gasteiger partial charge in [-0.15, -0.1) is 0 Å². The molecule has 26 heavy (non-hydrogen) atoms. The smallest absolute Gasteiger partial charge is 0.239 e. The van der Waals surface area contributed by atoms with Gasteiger partial charge in [-0.25, -0.2) is 13.4 Å². The van der Waals surface area contributed by atoms with E-state index in [0.717, 1.165) is 4.70 Å². The normalized spacial score (nSPS) is 11.5. The van der Waals surface area contributed by atoms with Crippen LogP contribution in [0, 0.1) is 0 Å². The van der Waals surface area contributed by atoms with Gasteiger partial charge in [-0.1, -0.05) is 40.6 Å². The van der Waals surface area contributed by atoms with Crippen LogP contribution in [0.4, 0.5) is 5.13 Å². The van der Waals surface area contributed by atoms with Crippen molar-refractivity contribution in [3.8, 4) is 0 Å². The molecule has 2 aromatic carbocycles. The van der Waals surface area contributed by atoms with E-state index in [1.807, 2.05) is 12.1 Å². The fourth-order valence-electron chi connectivity index (χ4n) is 2.14.